The lowest BCUT2D eigenvalue weighted by Gasteiger charge is -2.29. The average Bonchev–Trinajstić information content (AvgIpc) is 4.24. The molecular weight excluding hydrogens is 823 g/mol. The third-order valence-corrected chi connectivity index (χ3v) is 13.2. The Labute approximate surface area is 374 Å². The normalized spacial score (nSPS) is 15.4. The number of allylic oxidation sites excluding steroid dienone is 2. The van der Waals surface area contributed by atoms with Crippen molar-refractivity contribution in [1.82, 2.24) is 35.5 Å². The average molecular weight is 856 g/mol. The van der Waals surface area contributed by atoms with Crippen molar-refractivity contribution in [2.45, 2.75) is 12.0 Å². The van der Waals surface area contributed by atoms with Gasteiger partial charge in [0.15, 0.2) is 16.6 Å². The van der Waals surface area contributed by atoms with Crippen LogP contribution in [-0.4, -0.2) is 41.5 Å². The van der Waals surface area contributed by atoms with Crippen molar-refractivity contribution in [3.8, 4) is 27.9 Å². The molecule has 2 unspecified atom stereocenters. The van der Waals surface area contributed by atoms with Gasteiger partial charge in [0.2, 0.25) is 0 Å². The molecule has 0 amide bonds. The molecule has 12 nitrogen and oxygen atoms in total. The molecule has 0 bridgehead atoms. The van der Waals surface area contributed by atoms with Crippen molar-refractivity contribution in [2.75, 3.05) is 9.80 Å². The number of anilines is 5. The number of nitrogens with zero attached hydrogens (tertiary/aromatic N) is 9. The predicted molar refractivity (Wildman–Crippen MR) is 256 cm³/mol. The van der Waals surface area contributed by atoms with Crippen molar-refractivity contribution >= 4 is 83.3 Å². The fraction of sp³-hybridized carbons (Fsp3) is 0.0370. The fourth-order valence-electron chi connectivity index (χ4n) is 10.3. The molecule has 5 heterocycles. The van der Waals surface area contributed by atoms with Gasteiger partial charge in [-0.05, 0) is 126 Å². The SMILES string of the molecule is C1=CC2c3ccccc3N(c3ccc(-c4ccc(N(c5cccc6nonc56)c5ccc(-c6ccc(-n7c8ccccc8c8ccccc87)cc6)c6nonc56)c5nonc45)cc3)C2C=C1. The van der Waals surface area contributed by atoms with Gasteiger partial charge in [0.05, 0.1) is 34.1 Å². The number of hydrogen-bond donors (Lipinski definition) is 0. The molecule has 312 valence electrons. The molecule has 2 aliphatic rings. The van der Waals surface area contributed by atoms with Crippen LogP contribution in [0, 0.1) is 0 Å². The topological polar surface area (TPSA) is 128 Å². The highest BCUT2D eigenvalue weighted by atomic mass is 16.6. The van der Waals surface area contributed by atoms with E-state index in [-0.39, 0.29) is 6.04 Å². The highest BCUT2D eigenvalue weighted by Crippen LogP contribution is 2.49. The molecule has 0 N–H and O–H groups in total. The van der Waals surface area contributed by atoms with E-state index in [0.717, 1.165) is 44.7 Å². The molecule has 1 aliphatic heterocycles. The van der Waals surface area contributed by atoms with Crippen molar-refractivity contribution in [3.05, 3.63) is 194 Å². The van der Waals surface area contributed by atoms with Gasteiger partial charge in [-0.15, -0.1) is 0 Å². The summed E-state index contributed by atoms with van der Waals surface area (Å²) in [5, 5.41) is 29.0. The van der Waals surface area contributed by atoms with E-state index >= 15 is 0 Å². The Morgan fingerprint density at radius 1 is 0.424 bits per heavy atom. The minimum atomic E-state index is 0.206. The first-order valence-electron chi connectivity index (χ1n) is 21.7. The standard InChI is InChI=1S/C54H33N9O3/c1-5-15-43-38(10-1)39-11-2-6-16-44(39)61(43)34-24-20-32(21-25-34)36-28-30-48(53-50(36)56-65-59-53)63(47-19-9-14-42-52(47)58-64-55-42)49-31-29-37(51-54(49)60-66-57-51)33-22-26-35(27-23-33)62-45-17-7-3-12-40(45)41-13-4-8-18-46(41)62/h1-31,38,43H. The Hall–Kier alpha value is -9.16. The van der Waals surface area contributed by atoms with E-state index in [2.05, 4.69) is 186 Å². The summed E-state index contributed by atoms with van der Waals surface area (Å²) < 4.78 is 18.7. The molecular formula is C54H33N9O3. The maximum Gasteiger partial charge on any atom is 0.159 e. The zero-order chi connectivity index (χ0) is 43.3. The van der Waals surface area contributed by atoms with E-state index in [9.17, 15) is 0 Å². The van der Waals surface area contributed by atoms with Gasteiger partial charge >= 0.3 is 0 Å². The molecule has 2 atom stereocenters. The van der Waals surface area contributed by atoms with E-state index in [4.69, 9.17) is 13.9 Å². The van der Waals surface area contributed by atoms with Crippen molar-refractivity contribution in [3.63, 3.8) is 0 Å². The highest BCUT2D eigenvalue weighted by Gasteiger charge is 2.37. The maximum absolute atomic E-state index is 5.55. The van der Waals surface area contributed by atoms with Crippen LogP contribution < -0.4 is 9.80 Å². The van der Waals surface area contributed by atoms with Gasteiger partial charge in [0, 0.05) is 44.9 Å². The largest absolute Gasteiger partial charge is 0.333 e. The number of para-hydroxylation sites is 3. The van der Waals surface area contributed by atoms with Gasteiger partial charge < -0.3 is 14.4 Å². The summed E-state index contributed by atoms with van der Waals surface area (Å²) in [4.78, 5) is 4.44. The van der Waals surface area contributed by atoms with Crippen molar-refractivity contribution in [2.24, 2.45) is 0 Å². The molecule has 12 aromatic rings. The van der Waals surface area contributed by atoms with E-state index in [1.165, 1.54) is 22.0 Å². The van der Waals surface area contributed by atoms with Crippen LogP contribution in [0.1, 0.15) is 11.5 Å². The minimum Gasteiger partial charge on any atom is -0.333 e. The summed E-state index contributed by atoms with van der Waals surface area (Å²) in [7, 11) is 0. The summed E-state index contributed by atoms with van der Waals surface area (Å²) in [6, 6.07) is 56.8. The van der Waals surface area contributed by atoms with Crippen LogP contribution >= 0.6 is 0 Å². The number of rotatable bonds is 7. The first-order valence-corrected chi connectivity index (χ1v) is 21.7. The lowest BCUT2D eigenvalue weighted by atomic mass is 9.91. The van der Waals surface area contributed by atoms with Crippen molar-refractivity contribution in [1.29, 1.82) is 0 Å². The zero-order valence-electron chi connectivity index (χ0n) is 34.8. The summed E-state index contributed by atoms with van der Waals surface area (Å²) >= 11 is 0. The van der Waals surface area contributed by atoms with Gasteiger partial charge in [-0.2, -0.15) is 0 Å². The maximum atomic E-state index is 5.55. The Balaban J connectivity index is 0.866. The zero-order valence-corrected chi connectivity index (χ0v) is 34.8. The lowest BCUT2D eigenvalue weighted by molar-refractivity contribution is 0.315. The number of fused-ring (bicyclic) bond motifs is 9. The summed E-state index contributed by atoms with van der Waals surface area (Å²) in [5.41, 5.74) is 16.1. The summed E-state index contributed by atoms with van der Waals surface area (Å²) in [6.07, 6.45) is 8.86. The van der Waals surface area contributed by atoms with E-state index < -0.39 is 0 Å². The molecule has 12 heteroatoms. The first-order chi connectivity index (χ1) is 32.8. The smallest absolute Gasteiger partial charge is 0.159 e. The Kier molecular flexibility index (Phi) is 7.80. The molecule has 0 radical (unpaired) electrons. The van der Waals surface area contributed by atoms with Crippen LogP contribution in [0.3, 0.4) is 0 Å². The van der Waals surface area contributed by atoms with Crippen LogP contribution in [0.5, 0.6) is 0 Å². The van der Waals surface area contributed by atoms with Crippen LogP contribution in [0.15, 0.2) is 202 Å². The second-order valence-electron chi connectivity index (χ2n) is 16.6. The van der Waals surface area contributed by atoms with Crippen molar-refractivity contribution < 1.29 is 13.9 Å². The molecule has 14 rings (SSSR count). The third kappa shape index (κ3) is 5.32. The molecule has 8 aromatic carbocycles. The number of benzene rings is 8. The first kappa shape index (κ1) is 36.3. The molecule has 66 heavy (non-hydrogen) atoms. The quantitative estimate of drug-likeness (QED) is 0.152. The Morgan fingerprint density at radius 3 is 1.65 bits per heavy atom. The van der Waals surface area contributed by atoms with Gasteiger partial charge in [-0.1, -0.05) is 109 Å². The Bertz CT molecular complexity index is 3880. The number of aromatic nitrogens is 7. The van der Waals surface area contributed by atoms with E-state index in [1.54, 1.807) is 0 Å². The predicted octanol–water partition coefficient (Wildman–Crippen LogP) is 12.9. The van der Waals surface area contributed by atoms with Crippen LogP contribution in [0.25, 0.3) is 82.8 Å². The van der Waals surface area contributed by atoms with Crippen LogP contribution in [0.4, 0.5) is 28.4 Å². The third-order valence-electron chi connectivity index (χ3n) is 13.2. The van der Waals surface area contributed by atoms with Gasteiger partial charge in [-0.25, -0.2) is 13.9 Å². The van der Waals surface area contributed by atoms with Gasteiger partial charge in [0.25, 0.3) is 0 Å². The Morgan fingerprint density at radius 2 is 0.970 bits per heavy atom. The molecule has 0 fully saturated rings. The van der Waals surface area contributed by atoms with Crippen LogP contribution in [-0.2, 0) is 0 Å². The summed E-state index contributed by atoms with van der Waals surface area (Å²) in [5.74, 6) is 0.302. The molecule has 4 aromatic heterocycles. The van der Waals surface area contributed by atoms with E-state index in [0.29, 0.717) is 56.1 Å². The lowest BCUT2D eigenvalue weighted by Crippen LogP contribution is -2.28. The minimum absolute atomic E-state index is 0.206. The number of hydrogen-bond acceptors (Lipinski definition) is 11. The molecule has 0 spiro atoms. The van der Waals surface area contributed by atoms with Crippen LogP contribution in [0.2, 0.25) is 0 Å². The van der Waals surface area contributed by atoms with E-state index in [1.807, 2.05) is 47.4 Å². The highest BCUT2D eigenvalue weighted by molar-refractivity contribution is 6.10. The molecule has 0 saturated heterocycles. The summed E-state index contributed by atoms with van der Waals surface area (Å²) in [6.45, 7) is 0. The molecule has 1 aliphatic carbocycles. The second kappa shape index (κ2) is 14.2. The fourth-order valence-corrected chi connectivity index (χ4v) is 10.3. The second-order valence-corrected chi connectivity index (χ2v) is 16.6. The monoisotopic (exact) mass is 855 g/mol. The molecule has 0 saturated carbocycles. The van der Waals surface area contributed by atoms with Gasteiger partial charge in [0.1, 0.15) is 16.6 Å². The van der Waals surface area contributed by atoms with Gasteiger partial charge in [-0.3, -0.25) is 0 Å².